The van der Waals surface area contributed by atoms with E-state index in [0.29, 0.717) is 9.26 Å². The monoisotopic (exact) mass is 263 g/mol. The van der Waals surface area contributed by atoms with Crippen molar-refractivity contribution in [1.82, 2.24) is 0 Å². The van der Waals surface area contributed by atoms with Crippen LogP contribution in [-0.4, -0.2) is 0 Å². The first-order valence-corrected chi connectivity index (χ1v) is 3.81. The van der Waals surface area contributed by atoms with Gasteiger partial charge in [-0.05, 0) is 46.3 Å². The average Bonchev–Trinajstić information content (AvgIpc) is 1.85. The van der Waals surface area contributed by atoms with E-state index in [1.165, 1.54) is 12.1 Å². The minimum atomic E-state index is -0.390. The Labute approximate surface area is 76.0 Å². The summed E-state index contributed by atoms with van der Waals surface area (Å²) in [5.41, 5.74) is 8.34. The van der Waals surface area contributed by atoms with Crippen molar-refractivity contribution in [3.05, 3.63) is 38.0 Å². The Kier molecular flexibility index (Phi) is 2.67. The van der Waals surface area contributed by atoms with Crippen LogP contribution in [0.4, 0.5) is 10.1 Å². The van der Waals surface area contributed by atoms with Crippen LogP contribution in [0.3, 0.4) is 0 Å². The fourth-order valence-corrected chi connectivity index (χ4v) is 1.27. The quantitative estimate of drug-likeness (QED) is 0.323. The Morgan fingerprint density at radius 3 is 2.73 bits per heavy atom. The van der Waals surface area contributed by atoms with Crippen molar-refractivity contribution >= 4 is 28.3 Å². The second kappa shape index (κ2) is 3.54. The van der Waals surface area contributed by atoms with Crippen LogP contribution in [0.2, 0.25) is 0 Å². The number of halogens is 2. The highest BCUT2D eigenvalue weighted by Gasteiger charge is 1.95. The molecular formula is C6H3FIN3. The highest BCUT2D eigenvalue weighted by atomic mass is 127. The maximum atomic E-state index is 12.6. The molecule has 0 atom stereocenters. The predicted molar refractivity (Wildman–Crippen MR) is 47.9 cm³/mol. The van der Waals surface area contributed by atoms with Gasteiger partial charge in [0.25, 0.3) is 0 Å². The van der Waals surface area contributed by atoms with E-state index in [4.69, 9.17) is 5.53 Å². The first-order valence-electron chi connectivity index (χ1n) is 2.73. The molecule has 1 rings (SSSR count). The van der Waals surface area contributed by atoms with Crippen molar-refractivity contribution in [2.75, 3.05) is 0 Å². The molecule has 5 heteroatoms. The standard InChI is InChI=1S/C6H3FIN3/c7-4-1-5(8)3-6(2-4)10-11-9/h1-3H. The molecule has 1 aromatic carbocycles. The molecule has 0 radical (unpaired) electrons. The van der Waals surface area contributed by atoms with Crippen LogP contribution in [0.5, 0.6) is 0 Å². The summed E-state index contributed by atoms with van der Waals surface area (Å²) < 4.78 is 13.3. The highest BCUT2D eigenvalue weighted by molar-refractivity contribution is 14.1. The Morgan fingerprint density at radius 2 is 2.18 bits per heavy atom. The van der Waals surface area contributed by atoms with Crippen LogP contribution < -0.4 is 0 Å². The normalized spacial score (nSPS) is 8.91. The number of hydrogen-bond donors (Lipinski definition) is 0. The van der Waals surface area contributed by atoms with Crippen LogP contribution in [-0.2, 0) is 0 Å². The van der Waals surface area contributed by atoms with Crippen molar-refractivity contribution in [2.24, 2.45) is 5.11 Å². The van der Waals surface area contributed by atoms with E-state index in [0.717, 1.165) is 0 Å². The topological polar surface area (TPSA) is 48.8 Å². The van der Waals surface area contributed by atoms with Gasteiger partial charge < -0.3 is 0 Å². The summed E-state index contributed by atoms with van der Waals surface area (Å²) in [6.45, 7) is 0. The summed E-state index contributed by atoms with van der Waals surface area (Å²) >= 11 is 1.95. The van der Waals surface area contributed by atoms with E-state index in [1.807, 2.05) is 22.6 Å². The van der Waals surface area contributed by atoms with Gasteiger partial charge in [-0.3, -0.25) is 0 Å². The highest BCUT2D eigenvalue weighted by Crippen LogP contribution is 2.18. The van der Waals surface area contributed by atoms with Gasteiger partial charge in [0, 0.05) is 14.2 Å². The SMILES string of the molecule is [N-]=[N+]=Nc1cc(F)cc(I)c1. The summed E-state index contributed by atoms with van der Waals surface area (Å²) in [7, 11) is 0. The Hall–Kier alpha value is -0.810. The van der Waals surface area contributed by atoms with Gasteiger partial charge in [0.15, 0.2) is 0 Å². The molecule has 3 nitrogen and oxygen atoms in total. The van der Waals surface area contributed by atoms with E-state index in [9.17, 15) is 4.39 Å². The van der Waals surface area contributed by atoms with Crippen molar-refractivity contribution in [2.45, 2.75) is 0 Å². The summed E-state index contributed by atoms with van der Waals surface area (Å²) in [6, 6.07) is 4.14. The molecule has 0 aliphatic heterocycles. The van der Waals surface area contributed by atoms with E-state index in [2.05, 4.69) is 10.0 Å². The van der Waals surface area contributed by atoms with Gasteiger partial charge in [-0.15, -0.1) is 0 Å². The molecule has 0 heterocycles. The second-order valence-corrected chi connectivity index (χ2v) is 3.06. The molecule has 0 bridgehead atoms. The Bertz CT molecular complexity index is 299. The molecule has 0 saturated carbocycles. The lowest BCUT2D eigenvalue weighted by molar-refractivity contribution is 0.627. The first kappa shape index (κ1) is 8.29. The summed E-state index contributed by atoms with van der Waals surface area (Å²) in [5, 5.41) is 3.26. The number of hydrogen-bond acceptors (Lipinski definition) is 1. The van der Waals surface area contributed by atoms with Crippen molar-refractivity contribution in [1.29, 1.82) is 0 Å². The minimum Gasteiger partial charge on any atom is -0.207 e. The third kappa shape index (κ3) is 2.36. The molecule has 0 spiro atoms. The first-order chi connectivity index (χ1) is 5.22. The Morgan fingerprint density at radius 1 is 1.45 bits per heavy atom. The number of nitrogens with zero attached hydrogens (tertiary/aromatic N) is 3. The van der Waals surface area contributed by atoms with Gasteiger partial charge in [0.05, 0.1) is 0 Å². The largest absolute Gasteiger partial charge is 0.207 e. The van der Waals surface area contributed by atoms with Gasteiger partial charge in [-0.1, -0.05) is 5.11 Å². The van der Waals surface area contributed by atoms with Crippen LogP contribution in [0.1, 0.15) is 0 Å². The third-order valence-corrected chi connectivity index (χ3v) is 1.63. The van der Waals surface area contributed by atoms with Gasteiger partial charge in [0.2, 0.25) is 0 Å². The average molecular weight is 263 g/mol. The maximum absolute atomic E-state index is 12.6. The number of benzene rings is 1. The molecule has 0 aromatic heterocycles. The molecule has 0 N–H and O–H groups in total. The molecule has 0 unspecified atom stereocenters. The van der Waals surface area contributed by atoms with Gasteiger partial charge in [0.1, 0.15) is 5.82 Å². The minimum absolute atomic E-state index is 0.303. The molecule has 56 valence electrons. The zero-order chi connectivity index (χ0) is 8.27. The van der Waals surface area contributed by atoms with Crippen molar-refractivity contribution in [3.8, 4) is 0 Å². The van der Waals surface area contributed by atoms with Gasteiger partial charge in [-0.25, -0.2) is 4.39 Å². The third-order valence-electron chi connectivity index (χ3n) is 1.01. The van der Waals surface area contributed by atoms with Crippen LogP contribution in [0, 0.1) is 9.39 Å². The van der Waals surface area contributed by atoms with Crippen LogP contribution in [0.25, 0.3) is 10.4 Å². The molecule has 0 fully saturated rings. The molecule has 0 amide bonds. The molecule has 1 aromatic rings. The van der Waals surface area contributed by atoms with Crippen molar-refractivity contribution < 1.29 is 4.39 Å². The maximum Gasteiger partial charge on any atom is 0.124 e. The van der Waals surface area contributed by atoms with Gasteiger partial charge >= 0.3 is 0 Å². The van der Waals surface area contributed by atoms with E-state index < -0.39 is 0 Å². The fourth-order valence-electron chi connectivity index (χ4n) is 0.649. The molecule has 0 aliphatic carbocycles. The lowest BCUT2D eigenvalue weighted by atomic mass is 10.3. The van der Waals surface area contributed by atoms with E-state index in [1.54, 1.807) is 6.07 Å². The lowest BCUT2D eigenvalue weighted by Gasteiger charge is -1.93. The number of rotatable bonds is 1. The second-order valence-electron chi connectivity index (χ2n) is 1.82. The summed E-state index contributed by atoms with van der Waals surface area (Å²) in [5.74, 6) is -0.390. The zero-order valence-corrected chi connectivity index (χ0v) is 7.49. The summed E-state index contributed by atoms with van der Waals surface area (Å²) in [6.07, 6.45) is 0. The lowest BCUT2D eigenvalue weighted by Crippen LogP contribution is -1.74. The van der Waals surface area contributed by atoms with Crippen LogP contribution >= 0.6 is 22.6 Å². The number of azide groups is 1. The van der Waals surface area contributed by atoms with E-state index in [-0.39, 0.29) is 5.82 Å². The molecule has 11 heavy (non-hydrogen) atoms. The van der Waals surface area contributed by atoms with Gasteiger partial charge in [-0.2, -0.15) is 0 Å². The fraction of sp³-hybridized carbons (Fsp3) is 0. The predicted octanol–water partition coefficient (Wildman–Crippen LogP) is 3.37. The van der Waals surface area contributed by atoms with Crippen molar-refractivity contribution in [3.63, 3.8) is 0 Å². The van der Waals surface area contributed by atoms with E-state index >= 15 is 0 Å². The molecular weight excluding hydrogens is 260 g/mol. The zero-order valence-electron chi connectivity index (χ0n) is 5.33. The molecule has 0 aliphatic rings. The smallest absolute Gasteiger partial charge is 0.124 e. The molecule has 0 saturated heterocycles. The Balaban J connectivity index is 3.18. The summed E-state index contributed by atoms with van der Waals surface area (Å²) in [4.78, 5) is 2.54. The van der Waals surface area contributed by atoms with Crippen LogP contribution in [0.15, 0.2) is 23.3 Å².